The minimum atomic E-state index is -3.79. The fraction of sp³-hybridized carbons (Fsp3) is 0.130. The topological polar surface area (TPSA) is 83.6 Å². The monoisotopic (exact) mass is 490 g/mol. The van der Waals surface area contributed by atoms with Crippen LogP contribution < -0.4 is 9.62 Å². The molecule has 1 amide bonds. The maximum atomic E-state index is 13.0. The molecule has 1 N–H and O–H groups in total. The molecular weight excluding hydrogens is 471 g/mol. The molecule has 0 aliphatic heterocycles. The summed E-state index contributed by atoms with van der Waals surface area (Å²) < 4.78 is 25.8. The molecule has 0 atom stereocenters. The number of amides is 1. The highest BCUT2D eigenvalue weighted by atomic mass is 35.5. The van der Waals surface area contributed by atoms with E-state index >= 15 is 0 Å². The maximum Gasteiger partial charge on any atom is 0.245 e. The highest BCUT2D eigenvalue weighted by molar-refractivity contribution is 7.92. The van der Waals surface area contributed by atoms with Crippen LogP contribution in [-0.4, -0.2) is 32.9 Å². The molecule has 0 unspecified atom stereocenters. The van der Waals surface area contributed by atoms with E-state index in [1.807, 2.05) is 0 Å². The van der Waals surface area contributed by atoms with Gasteiger partial charge >= 0.3 is 0 Å². The van der Waals surface area contributed by atoms with Crippen LogP contribution in [0.4, 0.5) is 11.4 Å². The number of ketones is 1. The number of carbonyl (C=O) groups is 2. The van der Waals surface area contributed by atoms with E-state index in [1.165, 1.54) is 24.3 Å². The number of carbonyl (C=O) groups excluding carboxylic acids is 2. The summed E-state index contributed by atoms with van der Waals surface area (Å²) in [6, 6.07) is 17.8. The first kappa shape index (κ1) is 23.8. The van der Waals surface area contributed by atoms with Crippen molar-refractivity contribution < 1.29 is 18.0 Å². The first-order valence-corrected chi connectivity index (χ1v) is 12.1. The zero-order valence-electron chi connectivity index (χ0n) is 17.3. The highest BCUT2D eigenvalue weighted by Crippen LogP contribution is 2.27. The van der Waals surface area contributed by atoms with Gasteiger partial charge in [-0.3, -0.25) is 13.9 Å². The van der Waals surface area contributed by atoms with Crippen LogP contribution >= 0.6 is 23.2 Å². The fourth-order valence-corrected chi connectivity index (χ4v) is 4.36. The molecule has 0 saturated heterocycles. The molecule has 6 nitrogen and oxygen atoms in total. The molecule has 0 fully saturated rings. The van der Waals surface area contributed by atoms with Crippen molar-refractivity contribution in [1.82, 2.24) is 0 Å². The predicted octanol–water partition coefficient (Wildman–Crippen LogP) is 4.94. The Morgan fingerprint density at radius 1 is 0.938 bits per heavy atom. The molecule has 32 heavy (non-hydrogen) atoms. The predicted molar refractivity (Wildman–Crippen MR) is 128 cm³/mol. The van der Waals surface area contributed by atoms with Crippen LogP contribution in [0.1, 0.15) is 21.5 Å². The minimum Gasteiger partial charge on any atom is -0.324 e. The average molecular weight is 491 g/mol. The second-order valence-corrected chi connectivity index (χ2v) is 9.91. The first-order valence-electron chi connectivity index (χ1n) is 9.49. The summed E-state index contributed by atoms with van der Waals surface area (Å²) in [4.78, 5) is 25.8. The number of sulfonamides is 1. The van der Waals surface area contributed by atoms with E-state index in [1.54, 1.807) is 49.4 Å². The van der Waals surface area contributed by atoms with Crippen LogP contribution in [0, 0.1) is 6.92 Å². The van der Waals surface area contributed by atoms with Gasteiger partial charge in [0.15, 0.2) is 5.78 Å². The summed E-state index contributed by atoms with van der Waals surface area (Å²) in [5.41, 5.74) is 1.79. The Kier molecular flexibility index (Phi) is 7.23. The Morgan fingerprint density at radius 3 is 2.22 bits per heavy atom. The number of rotatable bonds is 7. The van der Waals surface area contributed by atoms with Gasteiger partial charge in [0.2, 0.25) is 15.9 Å². The van der Waals surface area contributed by atoms with Gasteiger partial charge in [0, 0.05) is 21.2 Å². The molecule has 0 radical (unpaired) electrons. The summed E-state index contributed by atoms with van der Waals surface area (Å²) >= 11 is 12.1. The molecule has 0 aliphatic carbocycles. The number of hydrogen-bond acceptors (Lipinski definition) is 4. The van der Waals surface area contributed by atoms with Crippen LogP contribution in [0.5, 0.6) is 0 Å². The van der Waals surface area contributed by atoms with Gasteiger partial charge in [-0.15, -0.1) is 0 Å². The van der Waals surface area contributed by atoms with Gasteiger partial charge in [0.1, 0.15) is 6.54 Å². The molecule has 0 spiro atoms. The molecule has 3 aromatic carbocycles. The molecule has 0 aliphatic rings. The second kappa shape index (κ2) is 9.73. The van der Waals surface area contributed by atoms with Crippen molar-refractivity contribution in [2.45, 2.75) is 6.92 Å². The SMILES string of the molecule is Cc1ccc(Cl)cc1N(CC(=O)Nc1ccc(Cl)cc1C(=O)c1ccccc1)S(C)(=O)=O. The van der Waals surface area contributed by atoms with E-state index < -0.39 is 22.5 Å². The van der Waals surface area contributed by atoms with Crippen LogP contribution in [0.3, 0.4) is 0 Å². The first-order chi connectivity index (χ1) is 15.1. The molecule has 9 heteroatoms. The van der Waals surface area contributed by atoms with Crippen molar-refractivity contribution in [3.05, 3.63) is 93.5 Å². The van der Waals surface area contributed by atoms with Crippen LogP contribution in [0.2, 0.25) is 10.0 Å². The lowest BCUT2D eigenvalue weighted by Crippen LogP contribution is -2.38. The molecule has 0 bridgehead atoms. The number of halogens is 2. The number of benzene rings is 3. The Bertz CT molecular complexity index is 1280. The number of aryl methyl sites for hydroxylation is 1. The maximum absolute atomic E-state index is 13.0. The third kappa shape index (κ3) is 5.68. The van der Waals surface area contributed by atoms with E-state index in [0.717, 1.165) is 10.6 Å². The van der Waals surface area contributed by atoms with Crippen LogP contribution in [-0.2, 0) is 14.8 Å². The zero-order chi connectivity index (χ0) is 23.5. The number of hydrogen-bond donors (Lipinski definition) is 1. The van der Waals surface area contributed by atoms with Crippen molar-refractivity contribution in [2.24, 2.45) is 0 Å². The molecule has 3 aromatic rings. The lowest BCUT2D eigenvalue weighted by Gasteiger charge is -2.24. The molecule has 0 saturated carbocycles. The summed E-state index contributed by atoms with van der Waals surface area (Å²) in [7, 11) is -3.79. The van der Waals surface area contributed by atoms with Crippen molar-refractivity contribution in [3.63, 3.8) is 0 Å². The van der Waals surface area contributed by atoms with Gasteiger partial charge in [0.25, 0.3) is 0 Å². The quantitative estimate of drug-likeness (QED) is 0.475. The normalized spacial score (nSPS) is 11.1. The van der Waals surface area contributed by atoms with Crippen molar-refractivity contribution in [2.75, 3.05) is 22.4 Å². The lowest BCUT2D eigenvalue weighted by molar-refractivity contribution is -0.114. The lowest BCUT2D eigenvalue weighted by atomic mass is 10.0. The van der Waals surface area contributed by atoms with Crippen molar-refractivity contribution in [1.29, 1.82) is 0 Å². The van der Waals surface area contributed by atoms with E-state index in [0.29, 0.717) is 26.9 Å². The molecular formula is C23H20Cl2N2O4S. The van der Waals surface area contributed by atoms with Gasteiger partial charge < -0.3 is 5.32 Å². The highest BCUT2D eigenvalue weighted by Gasteiger charge is 2.24. The summed E-state index contributed by atoms with van der Waals surface area (Å²) in [6.07, 6.45) is 1.01. The smallest absolute Gasteiger partial charge is 0.245 e. The largest absolute Gasteiger partial charge is 0.324 e. The molecule has 0 heterocycles. The Hall–Kier alpha value is -2.87. The number of anilines is 2. The van der Waals surface area contributed by atoms with E-state index in [-0.39, 0.29) is 17.0 Å². The second-order valence-electron chi connectivity index (χ2n) is 7.13. The van der Waals surface area contributed by atoms with Gasteiger partial charge in [0.05, 0.1) is 17.6 Å². The standard InChI is InChI=1S/C23H20Cl2N2O4S/c1-15-8-9-18(25)13-21(15)27(32(2,30)31)14-22(28)26-20-11-10-17(24)12-19(20)23(29)16-6-4-3-5-7-16/h3-13H,14H2,1-2H3,(H,26,28). The number of nitrogens with one attached hydrogen (secondary N) is 1. The van der Waals surface area contributed by atoms with Crippen molar-refractivity contribution in [3.8, 4) is 0 Å². The van der Waals surface area contributed by atoms with Gasteiger partial charge in [-0.25, -0.2) is 8.42 Å². The molecule has 3 rings (SSSR count). The molecule has 166 valence electrons. The van der Waals surface area contributed by atoms with Gasteiger partial charge in [-0.2, -0.15) is 0 Å². The summed E-state index contributed by atoms with van der Waals surface area (Å²) in [5.74, 6) is -0.951. The molecule has 0 aromatic heterocycles. The van der Waals surface area contributed by atoms with E-state index in [9.17, 15) is 18.0 Å². The average Bonchev–Trinajstić information content (AvgIpc) is 2.74. The van der Waals surface area contributed by atoms with Crippen LogP contribution in [0.15, 0.2) is 66.7 Å². The number of nitrogens with zero attached hydrogens (tertiary/aromatic N) is 1. The van der Waals surface area contributed by atoms with Crippen molar-refractivity contribution >= 4 is 56.3 Å². The minimum absolute atomic E-state index is 0.196. The fourth-order valence-electron chi connectivity index (χ4n) is 3.11. The van der Waals surface area contributed by atoms with Gasteiger partial charge in [-0.05, 0) is 42.8 Å². The van der Waals surface area contributed by atoms with E-state index in [4.69, 9.17) is 23.2 Å². The zero-order valence-corrected chi connectivity index (χ0v) is 19.6. The van der Waals surface area contributed by atoms with Crippen LogP contribution in [0.25, 0.3) is 0 Å². The Balaban J connectivity index is 1.91. The van der Waals surface area contributed by atoms with Gasteiger partial charge in [-0.1, -0.05) is 59.6 Å². The summed E-state index contributed by atoms with van der Waals surface area (Å²) in [6.45, 7) is 1.22. The summed E-state index contributed by atoms with van der Waals surface area (Å²) in [5, 5.41) is 3.31. The Labute approximate surface area is 196 Å². The Morgan fingerprint density at radius 2 is 1.56 bits per heavy atom. The third-order valence-electron chi connectivity index (χ3n) is 4.66. The third-order valence-corrected chi connectivity index (χ3v) is 6.26. The van der Waals surface area contributed by atoms with E-state index in [2.05, 4.69) is 5.32 Å².